The summed E-state index contributed by atoms with van der Waals surface area (Å²) in [5, 5.41) is 36.2. The molecule has 270 valence electrons. The molecule has 2 aromatic rings. The second kappa shape index (κ2) is 18.6. The van der Waals surface area contributed by atoms with Crippen molar-refractivity contribution in [3.8, 4) is 0 Å². The van der Waals surface area contributed by atoms with E-state index in [0.717, 1.165) is 13.1 Å². The number of ether oxygens (including phenoxy) is 2. The Hall–Kier alpha value is -3.13. The first kappa shape index (κ1) is 41.0. The quantitative estimate of drug-likeness (QED) is 0.267. The summed E-state index contributed by atoms with van der Waals surface area (Å²) in [5.41, 5.74) is 9.83. The molecule has 2 saturated heterocycles. The fourth-order valence-electron chi connectivity index (χ4n) is 4.23. The number of nitrogens with one attached hydrogen (secondary N) is 1. The van der Waals surface area contributed by atoms with Gasteiger partial charge in [-0.15, -0.1) is 20.4 Å². The van der Waals surface area contributed by atoms with Gasteiger partial charge in [-0.1, -0.05) is 23.2 Å². The van der Waals surface area contributed by atoms with E-state index >= 15 is 0 Å². The van der Waals surface area contributed by atoms with E-state index in [1.807, 2.05) is 25.7 Å². The zero-order chi connectivity index (χ0) is 36.2. The lowest BCUT2D eigenvalue weighted by atomic mass is 10.2. The minimum atomic E-state index is -0.569. The summed E-state index contributed by atoms with van der Waals surface area (Å²) >= 11 is 16.4. The van der Waals surface area contributed by atoms with E-state index in [0.29, 0.717) is 26.2 Å². The van der Waals surface area contributed by atoms with Crippen LogP contribution in [-0.2, 0) is 14.3 Å². The Balaban J connectivity index is 0.000000276. The number of carbonyl (C=O) groups is 2. The third kappa shape index (κ3) is 14.6. The number of piperazine rings is 2. The molecule has 0 saturated carbocycles. The van der Waals surface area contributed by atoms with E-state index in [1.54, 1.807) is 30.6 Å². The Morgan fingerprint density at radius 1 is 0.854 bits per heavy atom. The Labute approximate surface area is 294 Å². The number of nitrogen functional groups attached to an aromatic ring is 2. The van der Waals surface area contributed by atoms with Gasteiger partial charge < -0.3 is 46.3 Å². The average Bonchev–Trinajstić information content (AvgIpc) is 2.99. The standard InChI is InChI=1S/C13H21ClN6O3.C11H22N2O3.C3H2Cl2N4/c1-13(2,3)23-12(22)19-4-5-20(8(6-19)7-21)11-16-10(15)9(14)17-18-11;1-11(2,3)16-10(15)7-13-5-4-12-9(6-13)8-14;4-1-2(6)7-3(5)9-8-1/h8,21H,4-7H2,1-3H3,(H2,15,16,18);9,12,14H,4-8H2,1-3H3;(H2,6,7,9)/t8-;9-;/m00./s1. The maximum atomic E-state index is 12.1. The highest BCUT2D eigenvalue weighted by Gasteiger charge is 2.33. The number of anilines is 3. The summed E-state index contributed by atoms with van der Waals surface area (Å²) in [7, 11) is 0. The average molecular weight is 740 g/mol. The van der Waals surface area contributed by atoms with Gasteiger partial charge >= 0.3 is 12.1 Å². The number of hydrogen-bond donors (Lipinski definition) is 5. The van der Waals surface area contributed by atoms with Crippen LogP contribution in [0.4, 0.5) is 22.4 Å². The minimum absolute atomic E-state index is 0.00287. The van der Waals surface area contributed by atoms with Gasteiger partial charge in [0.2, 0.25) is 11.2 Å². The van der Waals surface area contributed by atoms with E-state index in [2.05, 4.69) is 35.7 Å². The smallest absolute Gasteiger partial charge is 0.410 e. The molecule has 18 nitrogen and oxygen atoms in total. The monoisotopic (exact) mass is 738 g/mol. The minimum Gasteiger partial charge on any atom is -0.459 e. The van der Waals surface area contributed by atoms with Crippen molar-refractivity contribution in [1.82, 2.24) is 45.5 Å². The maximum absolute atomic E-state index is 12.1. The molecule has 0 unspecified atom stereocenters. The molecule has 21 heteroatoms. The normalized spacial score (nSPS) is 18.6. The van der Waals surface area contributed by atoms with Crippen LogP contribution in [-0.4, -0.2) is 145 Å². The van der Waals surface area contributed by atoms with Crippen molar-refractivity contribution in [2.45, 2.75) is 64.8 Å². The van der Waals surface area contributed by atoms with E-state index in [4.69, 9.17) is 60.9 Å². The highest BCUT2D eigenvalue weighted by Crippen LogP contribution is 2.21. The van der Waals surface area contributed by atoms with Crippen LogP contribution in [0.3, 0.4) is 0 Å². The number of aliphatic hydroxyl groups is 2. The molecule has 7 N–H and O–H groups in total. The first-order valence-electron chi connectivity index (χ1n) is 14.9. The number of amides is 1. The van der Waals surface area contributed by atoms with Crippen LogP contribution < -0.4 is 21.7 Å². The van der Waals surface area contributed by atoms with Gasteiger partial charge in [-0.3, -0.25) is 9.69 Å². The molecular weight excluding hydrogens is 695 g/mol. The largest absolute Gasteiger partial charge is 0.459 e. The SMILES string of the molecule is CC(C)(C)OC(=O)CN1CCN[C@H](CO)C1.CC(C)(C)OC(=O)N1CCN(c2nnc(Cl)c(N)n2)[C@H](CO)C1.Nc1nc(Cl)nnc1Cl. The molecule has 2 aliphatic heterocycles. The van der Waals surface area contributed by atoms with Crippen molar-refractivity contribution in [2.75, 3.05) is 75.4 Å². The highest BCUT2D eigenvalue weighted by molar-refractivity contribution is 6.32. The molecule has 0 aliphatic carbocycles. The molecule has 2 aromatic heterocycles. The second-order valence-corrected chi connectivity index (χ2v) is 13.7. The summed E-state index contributed by atoms with van der Waals surface area (Å²) in [4.78, 5) is 36.6. The zero-order valence-electron chi connectivity index (χ0n) is 27.9. The lowest BCUT2D eigenvalue weighted by molar-refractivity contribution is -0.156. The first-order chi connectivity index (χ1) is 22.3. The summed E-state index contributed by atoms with van der Waals surface area (Å²) in [6, 6.07) is -0.310. The molecule has 1 amide bonds. The third-order valence-corrected chi connectivity index (χ3v) is 6.94. The molecule has 0 aromatic carbocycles. The van der Waals surface area contributed by atoms with Crippen LogP contribution >= 0.6 is 34.8 Å². The van der Waals surface area contributed by atoms with Crippen molar-refractivity contribution in [1.29, 1.82) is 0 Å². The van der Waals surface area contributed by atoms with Gasteiger partial charge in [0.05, 0.1) is 25.8 Å². The van der Waals surface area contributed by atoms with E-state index in [1.165, 1.54) is 0 Å². The van der Waals surface area contributed by atoms with Crippen molar-refractivity contribution < 1.29 is 29.3 Å². The zero-order valence-corrected chi connectivity index (χ0v) is 30.1. The second-order valence-electron chi connectivity index (χ2n) is 12.7. The predicted octanol–water partition coefficient (Wildman–Crippen LogP) is 0.880. The summed E-state index contributed by atoms with van der Waals surface area (Å²) in [6.45, 7) is 14.7. The van der Waals surface area contributed by atoms with Gasteiger partial charge in [0.1, 0.15) is 11.2 Å². The van der Waals surface area contributed by atoms with E-state index < -0.39 is 17.3 Å². The Morgan fingerprint density at radius 2 is 1.46 bits per heavy atom. The number of nitrogens with zero attached hydrogens (tertiary/aromatic N) is 9. The van der Waals surface area contributed by atoms with E-state index in [-0.39, 0.29) is 71.0 Å². The van der Waals surface area contributed by atoms with Gasteiger partial charge in [0, 0.05) is 45.3 Å². The third-order valence-electron chi connectivity index (χ3n) is 6.24. The van der Waals surface area contributed by atoms with Gasteiger partial charge in [0.15, 0.2) is 21.9 Å². The number of hydrogen-bond acceptors (Lipinski definition) is 17. The highest BCUT2D eigenvalue weighted by atomic mass is 35.5. The molecule has 48 heavy (non-hydrogen) atoms. The van der Waals surface area contributed by atoms with Crippen molar-refractivity contribution in [3.63, 3.8) is 0 Å². The first-order valence-corrected chi connectivity index (χ1v) is 16.1. The number of aliphatic hydroxyl groups excluding tert-OH is 2. The van der Waals surface area contributed by atoms with E-state index in [9.17, 15) is 14.7 Å². The lowest BCUT2D eigenvalue weighted by Crippen LogP contribution is -2.57. The molecule has 0 radical (unpaired) electrons. The van der Waals surface area contributed by atoms with Crippen molar-refractivity contribution in [2.24, 2.45) is 0 Å². The lowest BCUT2D eigenvalue weighted by Gasteiger charge is -2.40. The number of esters is 1. The predicted molar refractivity (Wildman–Crippen MR) is 181 cm³/mol. The summed E-state index contributed by atoms with van der Waals surface area (Å²) < 4.78 is 10.6. The van der Waals surface area contributed by atoms with Crippen molar-refractivity contribution in [3.05, 3.63) is 15.6 Å². The van der Waals surface area contributed by atoms with Gasteiger partial charge in [-0.25, -0.2) is 4.79 Å². The van der Waals surface area contributed by atoms with Gasteiger partial charge in [-0.2, -0.15) is 9.97 Å². The fraction of sp³-hybridized carbons (Fsp3) is 0.704. The Morgan fingerprint density at radius 3 is 1.98 bits per heavy atom. The number of aromatic nitrogens is 6. The number of nitrogens with two attached hydrogens (primary N) is 2. The maximum Gasteiger partial charge on any atom is 0.410 e. The number of carbonyl (C=O) groups excluding carboxylic acids is 2. The topological polar surface area (TPSA) is 244 Å². The Bertz CT molecular complexity index is 1350. The van der Waals surface area contributed by atoms with Crippen molar-refractivity contribution >= 4 is 64.4 Å². The molecule has 0 bridgehead atoms. The number of rotatable bonds is 5. The van der Waals surface area contributed by atoms with Gasteiger partial charge in [-0.05, 0) is 53.1 Å². The molecular formula is C27H45Cl3N12O6. The summed E-state index contributed by atoms with van der Waals surface area (Å²) in [6.07, 6.45) is -0.412. The summed E-state index contributed by atoms with van der Waals surface area (Å²) in [5.74, 6) is 0.237. The molecule has 2 fully saturated rings. The van der Waals surface area contributed by atoms with Crippen LogP contribution in [0.5, 0.6) is 0 Å². The van der Waals surface area contributed by atoms with Crippen LogP contribution in [0.25, 0.3) is 0 Å². The molecule has 4 heterocycles. The molecule has 2 atom stereocenters. The number of halogens is 3. The molecule has 0 spiro atoms. The van der Waals surface area contributed by atoms with Gasteiger partial charge in [0.25, 0.3) is 0 Å². The van der Waals surface area contributed by atoms with Crippen LogP contribution in [0.15, 0.2) is 0 Å². The van der Waals surface area contributed by atoms with Crippen LogP contribution in [0, 0.1) is 0 Å². The van der Waals surface area contributed by atoms with Crippen LogP contribution in [0.1, 0.15) is 41.5 Å². The molecule has 2 aliphatic rings. The van der Waals surface area contributed by atoms with Crippen LogP contribution in [0.2, 0.25) is 15.6 Å². The fourth-order valence-corrected chi connectivity index (χ4v) is 4.51. The Kier molecular flexibility index (Phi) is 15.9. The molecule has 4 rings (SSSR count).